The summed E-state index contributed by atoms with van der Waals surface area (Å²) in [5, 5.41) is 4.14. The zero-order valence-electron chi connectivity index (χ0n) is 11.2. The molecule has 104 valence electrons. The quantitative estimate of drug-likeness (QED) is 0.805. The van der Waals surface area contributed by atoms with Gasteiger partial charge in [0.05, 0.1) is 19.2 Å². The van der Waals surface area contributed by atoms with E-state index in [0.29, 0.717) is 12.1 Å². The van der Waals surface area contributed by atoms with Gasteiger partial charge in [-0.1, -0.05) is 6.07 Å². The predicted octanol–water partition coefficient (Wildman–Crippen LogP) is 2.73. The number of rotatable bonds is 4. The fourth-order valence-electron chi connectivity index (χ4n) is 2.42. The number of ether oxygens (including phenoxy) is 1. The van der Waals surface area contributed by atoms with Crippen LogP contribution in [0.5, 0.6) is 0 Å². The van der Waals surface area contributed by atoms with Crippen molar-refractivity contribution in [2.24, 2.45) is 0 Å². The van der Waals surface area contributed by atoms with Crippen molar-refractivity contribution in [2.45, 2.75) is 25.3 Å². The zero-order valence-corrected chi connectivity index (χ0v) is 11.2. The number of halogens is 1. The molecular weight excluding hydrogens is 259 g/mol. The molecular formula is C15H15FN2O2. The summed E-state index contributed by atoms with van der Waals surface area (Å²) in [5.41, 5.74) is 1.53. The minimum Gasteiger partial charge on any atom is -0.465 e. The van der Waals surface area contributed by atoms with Gasteiger partial charge >= 0.3 is 5.97 Å². The molecule has 1 aliphatic rings. The highest BCUT2D eigenvalue weighted by atomic mass is 19.1. The Morgan fingerprint density at radius 2 is 2.30 bits per heavy atom. The third kappa shape index (κ3) is 2.31. The Hall–Kier alpha value is -2.17. The third-order valence-electron chi connectivity index (χ3n) is 3.55. The molecule has 0 unspecified atom stereocenters. The summed E-state index contributed by atoms with van der Waals surface area (Å²) in [5.74, 6) is -0.857. The maximum atomic E-state index is 14.6. The number of hydrogen-bond donors (Lipinski definition) is 0. The first-order chi connectivity index (χ1) is 9.70. The first-order valence-electron chi connectivity index (χ1n) is 6.57. The number of nitrogens with zero attached hydrogens (tertiary/aromatic N) is 2. The Bertz CT molecular complexity index is 634. The molecule has 5 heteroatoms. The summed E-state index contributed by atoms with van der Waals surface area (Å²) in [6, 6.07) is 5.12. The van der Waals surface area contributed by atoms with E-state index < -0.39 is 11.8 Å². The maximum Gasteiger partial charge on any atom is 0.340 e. The van der Waals surface area contributed by atoms with Gasteiger partial charge in [0.2, 0.25) is 0 Å². The summed E-state index contributed by atoms with van der Waals surface area (Å²) < 4.78 is 20.9. The molecule has 2 aromatic rings. The van der Waals surface area contributed by atoms with Crippen LogP contribution in [-0.2, 0) is 11.3 Å². The highest BCUT2D eigenvalue weighted by molar-refractivity contribution is 5.90. The monoisotopic (exact) mass is 274 g/mol. The van der Waals surface area contributed by atoms with Crippen LogP contribution in [0, 0.1) is 5.82 Å². The van der Waals surface area contributed by atoms with Gasteiger partial charge in [0.1, 0.15) is 5.82 Å². The molecule has 0 radical (unpaired) electrons. The number of benzene rings is 1. The SMILES string of the molecule is COC(=O)c1ccc(Cn2cccn2)c(C2CC2)c1F. The van der Waals surface area contributed by atoms with Crippen molar-refractivity contribution < 1.29 is 13.9 Å². The summed E-state index contributed by atoms with van der Waals surface area (Å²) in [6.07, 6.45) is 5.46. The number of hydrogen-bond acceptors (Lipinski definition) is 3. The highest BCUT2D eigenvalue weighted by Crippen LogP contribution is 2.43. The van der Waals surface area contributed by atoms with Crippen LogP contribution in [0.25, 0.3) is 0 Å². The van der Waals surface area contributed by atoms with Gasteiger partial charge in [-0.25, -0.2) is 9.18 Å². The van der Waals surface area contributed by atoms with Crippen molar-refractivity contribution in [3.8, 4) is 0 Å². The van der Waals surface area contributed by atoms with Crippen LogP contribution in [0.15, 0.2) is 30.6 Å². The van der Waals surface area contributed by atoms with Crippen molar-refractivity contribution in [3.63, 3.8) is 0 Å². The van der Waals surface area contributed by atoms with Crippen molar-refractivity contribution in [3.05, 3.63) is 53.1 Å². The van der Waals surface area contributed by atoms with Crippen molar-refractivity contribution >= 4 is 5.97 Å². The molecule has 1 fully saturated rings. The molecule has 0 spiro atoms. The van der Waals surface area contributed by atoms with Crippen molar-refractivity contribution in [1.82, 2.24) is 9.78 Å². The Labute approximate surface area is 116 Å². The van der Waals surface area contributed by atoms with Gasteiger partial charge in [-0.15, -0.1) is 0 Å². The Morgan fingerprint density at radius 1 is 1.50 bits per heavy atom. The predicted molar refractivity (Wildman–Crippen MR) is 71.0 cm³/mol. The van der Waals surface area contributed by atoms with E-state index in [9.17, 15) is 9.18 Å². The molecule has 0 aliphatic heterocycles. The Kier molecular flexibility index (Phi) is 3.26. The minimum absolute atomic E-state index is 0.0126. The molecule has 1 aromatic heterocycles. The van der Waals surface area contributed by atoms with Crippen LogP contribution in [0.1, 0.15) is 40.2 Å². The smallest absolute Gasteiger partial charge is 0.340 e. The summed E-state index contributed by atoms with van der Waals surface area (Å²) in [4.78, 5) is 11.6. The zero-order chi connectivity index (χ0) is 14.1. The number of carbonyl (C=O) groups is 1. The van der Waals surface area contributed by atoms with E-state index in [0.717, 1.165) is 18.4 Å². The molecule has 1 aromatic carbocycles. The molecule has 4 nitrogen and oxygen atoms in total. The van der Waals surface area contributed by atoms with E-state index in [-0.39, 0.29) is 11.5 Å². The average Bonchev–Trinajstić information content (AvgIpc) is 3.15. The van der Waals surface area contributed by atoms with Crippen LogP contribution in [-0.4, -0.2) is 22.9 Å². The second kappa shape index (κ2) is 5.07. The summed E-state index contributed by atoms with van der Waals surface area (Å²) >= 11 is 0. The topological polar surface area (TPSA) is 44.1 Å². The highest BCUT2D eigenvalue weighted by Gasteiger charge is 2.31. The fourth-order valence-corrected chi connectivity index (χ4v) is 2.42. The Balaban J connectivity index is 2.02. The molecule has 0 N–H and O–H groups in total. The van der Waals surface area contributed by atoms with Gasteiger partial charge in [-0.2, -0.15) is 5.10 Å². The second-order valence-electron chi connectivity index (χ2n) is 4.97. The van der Waals surface area contributed by atoms with Crippen LogP contribution in [0.3, 0.4) is 0 Å². The largest absolute Gasteiger partial charge is 0.465 e. The van der Waals surface area contributed by atoms with Gasteiger partial charge in [0.25, 0.3) is 0 Å². The first-order valence-corrected chi connectivity index (χ1v) is 6.57. The van der Waals surface area contributed by atoms with Crippen LogP contribution in [0.2, 0.25) is 0 Å². The van der Waals surface area contributed by atoms with Gasteiger partial charge in [-0.05, 0) is 42.0 Å². The van der Waals surface area contributed by atoms with E-state index in [1.54, 1.807) is 16.9 Å². The second-order valence-corrected chi connectivity index (χ2v) is 4.97. The Morgan fingerprint density at radius 3 is 2.90 bits per heavy atom. The molecule has 1 aliphatic carbocycles. The van der Waals surface area contributed by atoms with E-state index in [4.69, 9.17) is 0 Å². The summed E-state index contributed by atoms with van der Waals surface area (Å²) in [6.45, 7) is 0.511. The standard InChI is InChI=1S/C15H15FN2O2/c1-20-15(19)12-6-5-11(9-18-8-2-7-17-18)13(14(12)16)10-3-4-10/h2,5-8,10H,3-4,9H2,1H3. The van der Waals surface area contributed by atoms with Gasteiger partial charge in [0.15, 0.2) is 0 Å². The lowest BCUT2D eigenvalue weighted by atomic mass is 9.99. The molecule has 0 saturated heterocycles. The molecule has 20 heavy (non-hydrogen) atoms. The van der Waals surface area contributed by atoms with E-state index in [2.05, 4.69) is 9.84 Å². The number of carbonyl (C=O) groups excluding carboxylic acids is 1. The lowest BCUT2D eigenvalue weighted by molar-refractivity contribution is 0.0595. The first kappa shape index (κ1) is 12.8. The van der Waals surface area contributed by atoms with Crippen LogP contribution < -0.4 is 0 Å². The van der Waals surface area contributed by atoms with Crippen molar-refractivity contribution in [1.29, 1.82) is 0 Å². The van der Waals surface area contributed by atoms with E-state index in [1.165, 1.54) is 13.2 Å². The molecule has 3 rings (SSSR count). The number of esters is 1. The number of methoxy groups -OCH3 is 1. The fraction of sp³-hybridized carbons (Fsp3) is 0.333. The molecule has 0 bridgehead atoms. The maximum absolute atomic E-state index is 14.6. The van der Waals surface area contributed by atoms with Crippen molar-refractivity contribution in [2.75, 3.05) is 7.11 Å². The lowest BCUT2D eigenvalue weighted by Gasteiger charge is -2.13. The van der Waals surface area contributed by atoms with Crippen LogP contribution in [0.4, 0.5) is 4.39 Å². The lowest BCUT2D eigenvalue weighted by Crippen LogP contribution is -2.11. The van der Waals surface area contributed by atoms with Crippen LogP contribution >= 0.6 is 0 Å². The minimum atomic E-state index is -0.630. The molecule has 0 atom stereocenters. The average molecular weight is 274 g/mol. The molecule has 1 heterocycles. The normalized spacial score (nSPS) is 14.3. The van der Waals surface area contributed by atoms with Gasteiger partial charge < -0.3 is 4.74 Å². The molecule has 0 amide bonds. The van der Waals surface area contributed by atoms with Gasteiger partial charge in [0, 0.05) is 12.4 Å². The van der Waals surface area contributed by atoms with E-state index >= 15 is 0 Å². The molecule has 1 saturated carbocycles. The van der Waals surface area contributed by atoms with Gasteiger partial charge in [-0.3, -0.25) is 4.68 Å². The number of aromatic nitrogens is 2. The third-order valence-corrected chi connectivity index (χ3v) is 3.55. The van der Waals surface area contributed by atoms with E-state index in [1.807, 2.05) is 12.3 Å². The summed E-state index contributed by atoms with van der Waals surface area (Å²) in [7, 11) is 1.26.